The molecule has 0 aliphatic heterocycles. The summed E-state index contributed by atoms with van der Waals surface area (Å²) in [5.74, 6) is 0. The van der Waals surface area contributed by atoms with Crippen LogP contribution in [0.2, 0.25) is 0 Å². The van der Waals surface area contributed by atoms with Crippen LogP contribution < -0.4 is 0 Å². The van der Waals surface area contributed by atoms with Crippen LogP contribution in [0.3, 0.4) is 0 Å². The van der Waals surface area contributed by atoms with E-state index in [2.05, 4.69) is 19.1 Å². The second kappa shape index (κ2) is 5.13. The third-order valence-corrected chi connectivity index (χ3v) is 2.90. The summed E-state index contributed by atoms with van der Waals surface area (Å²) in [5.41, 5.74) is 4.16. The molecule has 1 unspecified atom stereocenters. The van der Waals surface area contributed by atoms with Crippen LogP contribution in [-0.2, 0) is 0 Å². The summed E-state index contributed by atoms with van der Waals surface area (Å²) >= 11 is 0. The molecule has 0 saturated heterocycles. The van der Waals surface area contributed by atoms with Crippen LogP contribution in [0, 0.1) is 6.92 Å². The maximum absolute atomic E-state index is 9.62. The fourth-order valence-electron chi connectivity index (χ4n) is 1.92. The van der Waals surface area contributed by atoms with Crippen molar-refractivity contribution < 1.29 is 10.2 Å². The summed E-state index contributed by atoms with van der Waals surface area (Å²) in [6.07, 6.45) is -0.807. The Labute approximate surface area is 101 Å². The van der Waals surface area contributed by atoms with Gasteiger partial charge in [0.1, 0.15) is 6.10 Å². The van der Waals surface area contributed by atoms with Gasteiger partial charge in [-0.05, 0) is 35.2 Å². The van der Waals surface area contributed by atoms with Gasteiger partial charge in [-0.1, -0.05) is 42.5 Å². The van der Waals surface area contributed by atoms with Crippen molar-refractivity contribution in [3.63, 3.8) is 0 Å². The number of hydrogen-bond donors (Lipinski definition) is 2. The number of aliphatic hydroxyl groups is 2. The first-order valence-electron chi connectivity index (χ1n) is 5.67. The molecular formula is C15H16O2. The van der Waals surface area contributed by atoms with E-state index in [1.807, 2.05) is 36.4 Å². The van der Waals surface area contributed by atoms with Gasteiger partial charge in [0.2, 0.25) is 0 Å². The van der Waals surface area contributed by atoms with Gasteiger partial charge in [-0.15, -0.1) is 0 Å². The van der Waals surface area contributed by atoms with E-state index in [4.69, 9.17) is 5.11 Å². The van der Waals surface area contributed by atoms with Gasteiger partial charge in [0.25, 0.3) is 0 Å². The minimum atomic E-state index is -0.807. The number of aryl methyl sites for hydroxylation is 1. The van der Waals surface area contributed by atoms with Crippen molar-refractivity contribution in [2.45, 2.75) is 13.0 Å². The van der Waals surface area contributed by atoms with Gasteiger partial charge in [0.15, 0.2) is 0 Å². The third-order valence-electron chi connectivity index (χ3n) is 2.90. The average molecular weight is 228 g/mol. The van der Waals surface area contributed by atoms with E-state index in [-0.39, 0.29) is 6.61 Å². The number of rotatable bonds is 3. The van der Waals surface area contributed by atoms with Gasteiger partial charge in [-0.3, -0.25) is 0 Å². The molecule has 0 amide bonds. The zero-order valence-corrected chi connectivity index (χ0v) is 9.80. The Morgan fingerprint density at radius 1 is 1.06 bits per heavy atom. The molecule has 2 heteroatoms. The van der Waals surface area contributed by atoms with Gasteiger partial charge in [-0.25, -0.2) is 0 Å². The average Bonchev–Trinajstić information content (AvgIpc) is 2.38. The molecule has 2 aromatic carbocycles. The normalized spacial score (nSPS) is 12.4. The second-order valence-electron chi connectivity index (χ2n) is 4.14. The lowest BCUT2D eigenvalue weighted by Crippen LogP contribution is -2.02. The molecule has 0 aliphatic carbocycles. The van der Waals surface area contributed by atoms with Crippen molar-refractivity contribution in [3.05, 3.63) is 59.7 Å². The van der Waals surface area contributed by atoms with E-state index in [1.165, 1.54) is 5.56 Å². The van der Waals surface area contributed by atoms with Crippen molar-refractivity contribution in [2.75, 3.05) is 6.61 Å². The van der Waals surface area contributed by atoms with Crippen molar-refractivity contribution >= 4 is 0 Å². The SMILES string of the molecule is Cc1ccccc1-c1cccc(C(O)CO)c1. The third kappa shape index (κ3) is 2.54. The predicted octanol–water partition coefficient (Wildman–Crippen LogP) is 2.69. The van der Waals surface area contributed by atoms with Crippen LogP contribution in [0.25, 0.3) is 11.1 Å². The first-order chi connectivity index (χ1) is 8.22. The highest BCUT2D eigenvalue weighted by atomic mass is 16.3. The topological polar surface area (TPSA) is 40.5 Å². The second-order valence-corrected chi connectivity index (χ2v) is 4.14. The summed E-state index contributed by atoms with van der Waals surface area (Å²) in [4.78, 5) is 0. The molecular weight excluding hydrogens is 212 g/mol. The largest absolute Gasteiger partial charge is 0.393 e. The van der Waals surface area contributed by atoms with Gasteiger partial charge in [-0.2, -0.15) is 0 Å². The summed E-state index contributed by atoms with van der Waals surface area (Å²) in [6.45, 7) is 1.81. The zero-order valence-electron chi connectivity index (χ0n) is 9.80. The van der Waals surface area contributed by atoms with Crippen molar-refractivity contribution in [1.29, 1.82) is 0 Å². The Bertz CT molecular complexity index is 506. The van der Waals surface area contributed by atoms with E-state index in [1.54, 1.807) is 0 Å². The Hall–Kier alpha value is -1.64. The maximum Gasteiger partial charge on any atom is 0.102 e. The molecule has 0 aliphatic rings. The van der Waals surface area contributed by atoms with Crippen molar-refractivity contribution in [2.24, 2.45) is 0 Å². The quantitative estimate of drug-likeness (QED) is 0.848. The fraction of sp³-hybridized carbons (Fsp3) is 0.200. The molecule has 0 radical (unpaired) electrons. The minimum absolute atomic E-state index is 0.253. The van der Waals surface area contributed by atoms with Crippen LogP contribution in [0.4, 0.5) is 0 Å². The number of hydrogen-bond acceptors (Lipinski definition) is 2. The van der Waals surface area contributed by atoms with Crippen LogP contribution in [0.1, 0.15) is 17.2 Å². The maximum atomic E-state index is 9.62. The summed E-state index contributed by atoms with van der Waals surface area (Å²) in [6, 6.07) is 15.8. The van der Waals surface area contributed by atoms with E-state index < -0.39 is 6.10 Å². The highest BCUT2D eigenvalue weighted by Gasteiger charge is 2.07. The highest BCUT2D eigenvalue weighted by molar-refractivity contribution is 5.67. The highest BCUT2D eigenvalue weighted by Crippen LogP contribution is 2.25. The lowest BCUT2D eigenvalue weighted by molar-refractivity contribution is 0.0956. The zero-order chi connectivity index (χ0) is 12.3. The van der Waals surface area contributed by atoms with Crippen molar-refractivity contribution in [3.8, 4) is 11.1 Å². The molecule has 2 N–H and O–H groups in total. The predicted molar refractivity (Wildman–Crippen MR) is 68.7 cm³/mol. The summed E-state index contributed by atoms with van der Waals surface area (Å²) in [7, 11) is 0. The fourth-order valence-corrected chi connectivity index (χ4v) is 1.92. The molecule has 0 aromatic heterocycles. The standard InChI is InChI=1S/C15H16O2/c1-11-5-2-3-8-14(11)12-6-4-7-13(9-12)15(17)10-16/h2-9,15-17H,10H2,1H3. The van der Waals surface area contributed by atoms with Crippen LogP contribution in [0.15, 0.2) is 48.5 Å². The van der Waals surface area contributed by atoms with Crippen LogP contribution in [0.5, 0.6) is 0 Å². The van der Waals surface area contributed by atoms with E-state index in [9.17, 15) is 5.11 Å². The molecule has 2 nitrogen and oxygen atoms in total. The molecule has 0 heterocycles. The Balaban J connectivity index is 2.43. The minimum Gasteiger partial charge on any atom is -0.393 e. The molecule has 0 fully saturated rings. The molecule has 2 rings (SSSR count). The molecule has 17 heavy (non-hydrogen) atoms. The van der Waals surface area contributed by atoms with E-state index >= 15 is 0 Å². The number of benzene rings is 2. The molecule has 0 saturated carbocycles. The smallest absolute Gasteiger partial charge is 0.102 e. The monoisotopic (exact) mass is 228 g/mol. The van der Waals surface area contributed by atoms with E-state index in [0.29, 0.717) is 0 Å². The Kier molecular flexibility index (Phi) is 3.57. The van der Waals surface area contributed by atoms with Gasteiger partial charge < -0.3 is 10.2 Å². The molecule has 0 spiro atoms. The lowest BCUT2D eigenvalue weighted by atomic mass is 9.97. The van der Waals surface area contributed by atoms with E-state index in [0.717, 1.165) is 16.7 Å². The summed E-state index contributed by atoms with van der Waals surface area (Å²) in [5, 5.41) is 18.6. The number of aliphatic hydroxyl groups excluding tert-OH is 2. The van der Waals surface area contributed by atoms with Crippen molar-refractivity contribution in [1.82, 2.24) is 0 Å². The lowest BCUT2D eigenvalue weighted by Gasteiger charge is -2.11. The molecule has 0 bridgehead atoms. The van der Waals surface area contributed by atoms with Crippen LogP contribution in [-0.4, -0.2) is 16.8 Å². The van der Waals surface area contributed by atoms with Gasteiger partial charge in [0, 0.05) is 0 Å². The first-order valence-corrected chi connectivity index (χ1v) is 5.67. The molecule has 1 atom stereocenters. The van der Waals surface area contributed by atoms with Gasteiger partial charge in [0.05, 0.1) is 6.61 Å². The molecule has 88 valence electrons. The Morgan fingerprint density at radius 2 is 1.82 bits per heavy atom. The van der Waals surface area contributed by atoms with Crippen LogP contribution >= 0.6 is 0 Å². The first kappa shape index (κ1) is 11.8. The summed E-state index contributed by atoms with van der Waals surface area (Å²) < 4.78 is 0. The van der Waals surface area contributed by atoms with Gasteiger partial charge >= 0.3 is 0 Å². The Morgan fingerprint density at radius 3 is 2.53 bits per heavy atom. The molecule has 2 aromatic rings.